The molecule has 0 saturated carbocycles. The summed E-state index contributed by atoms with van der Waals surface area (Å²) in [7, 11) is -3.76. The molecule has 0 aromatic heterocycles. The van der Waals surface area contributed by atoms with E-state index in [2.05, 4.69) is 5.32 Å². The van der Waals surface area contributed by atoms with Crippen molar-refractivity contribution in [2.24, 2.45) is 0 Å². The number of sulfonamides is 1. The van der Waals surface area contributed by atoms with Crippen molar-refractivity contribution in [3.05, 3.63) is 59.7 Å². The summed E-state index contributed by atoms with van der Waals surface area (Å²) in [6.45, 7) is 5.42. The van der Waals surface area contributed by atoms with E-state index in [1.807, 2.05) is 0 Å². The molecule has 0 bridgehead atoms. The first-order valence-electron chi connectivity index (χ1n) is 10.8. The fourth-order valence-corrected chi connectivity index (χ4v) is 5.32. The molecular formula is C23H27F2N3O5S. The van der Waals surface area contributed by atoms with E-state index in [9.17, 15) is 26.8 Å². The number of halogens is 2. The molecule has 184 valence electrons. The van der Waals surface area contributed by atoms with Crippen molar-refractivity contribution in [1.82, 2.24) is 9.21 Å². The maximum absolute atomic E-state index is 13.8. The van der Waals surface area contributed by atoms with E-state index in [0.29, 0.717) is 0 Å². The third-order valence-electron chi connectivity index (χ3n) is 5.36. The lowest BCUT2D eigenvalue weighted by molar-refractivity contribution is -0.116. The van der Waals surface area contributed by atoms with Crippen molar-refractivity contribution < 1.29 is 31.5 Å². The van der Waals surface area contributed by atoms with E-state index >= 15 is 0 Å². The Balaban J connectivity index is 1.70. The first kappa shape index (κ1) is 25.7. The molecule has 1 saturated heterocycles. The van der Waals surface area contributed by atoms with E-state index < -0.39 is 45.7 Å². The summed E-state index contributed by atoms with van der Waals surface area (Å²) in [5.41, 5.74) is -0.410. The highest BCUT2D eigenvalue weighted by Gasteiger charge is 2.32. The van der Waals surface area contributed by atoms with E-state index in [1.54, 1.807) is 20.8 Å². The second kappa shape index (κ2) is 10.6. The minimum atomic E-state index is -3.76. The van der Waals surface area contributed by atoms with Gasteiger partial charge >= 0.3 is 0 Å². The molecule has 11 heteroatoms. The molecule has 2 atom stereocenters. The topological polar surface area (TPSA) is 96.0 Å². The average molecular weight is 496 g/mol. The number of nitrogens with zero attached hydrogens (tertiary/aromatic N) is 2. The molecule has 0 radical (unpaired) electrons. The summed E-state index contributed by atoms with van der Waals surface area (Å²) in [5.74, 6) is -3.15. The predicted octanol–water partition coefficient (Wildman–Crippen LogP) is 2.86. The average Bonchev–Trinajstić information content (AvgIpc) is 2.79. The Hall–Kier alpha value is -2.89. The van der Waals surface area contributed by atoms with Crippen molar-refractivity contribution in [2.75, 3.05) is 31.5 Å². The Labute approximate surface area is 197 Å². The Bertz CT molecular complexity index is 1130. The Kier molecular flexibility index (Phi) is 8.01. The van der Waals surface area contributed by atoms with Gasteiger partial charge in [0.1, 0.15) is 23.9 Å². The number of benzene rings is 2. The van der Waals surface area contributed by atoms with Crippen molar-refractivity contribution in [3.63, 3.8) is 0 Å². The highest BCUT2D eigenvalue weighted by atomic mass is 32.2. The molecule has 34 heavy (non-hydrogen) atoms. The third kappa shape index (κ3) is 5.78. The standard InChI is InChI=1S/C23H27F2N3O5S/c1-4-27(14-21(29)26-22-19(24)6-5-7-20(22)25)23(30)17-8-10-18(11-9-17)34(31,32)28-12-15(2)33-16(3)13-28/h5-11,15-16H,4,12-14H2,1-3H3,(H,26,29)/t15-,16-/m0/s1. The lowest BCUT2D eigenvalue weighted by Gasteiger charge is -2.34. The zero-order valence-corrected chi connectivity index (χ0v) is 19.9. The van der Waals surface area contributed by atoms with E-state index in [1.165, 1.54) is 39.5 Å². The molecule has 1 fully saturated rings. The van der Waals surface area contributed by atoms with Gasteiger partial charge in [0.05, 0.1) is 17.1 Å². The third-order valence-corrected chi connectivity index (χ3v) is 7.20. The minimum absolute atomic E-state index is 0.0427. The molecule has 1 heterocycles. The van der Waals surface area contributed by atoms with Gasteiger partial charge in [-0.05, 0) is 57.2 Å². The highest BCUT2D eigenvalue weighted by Crippen LogP contribution is 2.22. The monoisotopic (exact) mass is 495 g/mol. The molecule has 2 aromatic rings. The zero-order valence-electron chi connectivity index (χ0n) is 19.1. The highest BCUT2D eigenvalue weighted by molar-refractivity contribution is 7.89. The number of rotatable bonds is 7. The van der Waals surface area contributed by atoms with Gasteiger partial charge < -0.3 is 15.0 Å². The summed E-state index contributed by atoms with van der Waals surface area (Å²) in [5, 5.41) is 2.14. The Morgan fingerprint density at radius 2 is 1.62 bits per heavy atom. The van der Waals surface area contributed by atoms with Crippen LogP contribution in [0.25, 0.3) is 0 Å². The molecule has 0 aliphatic carbocycles. The number of morpholine rings is 1. The summed E-state index contributed by atoms with van der Waals surface area (Å²) < 4.78 is 60.5. The summed E-state index contributed by atoms with van der Waals surface area (Å²) in [4.78, 5) is 26.4. The number of anilines is 1. The van der Waals surface area contributed by atoms with Gasteiger partial charge in [0, 0.05) is 25.2 Å². The first-order valence-corrected chi connectivity index (χ1v) is 12.3. The quantitative estimate of drug-likeness (QED) is 0.637. The minimum Gasteiger partial charge on any atom is -0.373 e. The Morgan fingerprint density at radius 1 is 1.06 bits per heavy atom. The molecule has 8 nitrogen and oxygen atoms in total. The van der Waals surface area contributed by atoms with Gasteiger partial charge in [-0.2, -0.15) is 4.31 Å². The maximum Gasteiger partial charge on any atom is 0.254 e. The molecule has 0 unspecified atom stereocenters. The molecule has 1 aliphatic heterocycles. The normalized spacial score (nSPS) is 19.0. The smallest absolute Gasteiger partial charge is 0.254 e. The van der Waals surface area contributed by atoms with Crippen LogP contribution in [0.2, 0.25) is 0 Å². The van der Waals surface area contributed by atoms with Gasteiger partial charge in [-0.25, -0.2) is 17.2 Å². The van der Waals surface area contributed by atoms with Gasteiger partial charge in [0.15, 0.2) is 0 Å². The lowest BCUT2D eigenvalue weighted by atomic mass is 10.2. The van der Waals surface area contributed by atoms with Crippen LogP contribution in [0.15, 0.2) is 47.4 Å². The van der Waals surface area contributed by atoms with Crippen molar-refractivity contribution in [3.8, 4) is 0 Å². The molecule has 1 N–H and O–H groups in total. The second-order valence-electron chi connectivity index (χ2n) is 8.07. The van der Waals surface area contributed by atoms with Crippen LogP contribution in [0.3, 0.4) is 0 Å². The molecule has 1 aliphatic rings. The number of carbonyl (C=O) groups excluding carboxylic acids is 2. The van der Waals surface area contributed by atoms with Gasteiger partial charge in [0.2, 0.25) is 15.9 Å². The largest absolute Gasteiger partial charge is 0.373 e. The van der Waals surface area contributed by atoms with E-state index in [0.717, 1.165) is 12.1 Å². The van der Waals surface area contributed by atoms with Crippen LogP contribution in [-0.2, 0) is 19.6 Å². The van der Waals surface area contributed by atoms with Gasteiger partial charge in [0.25, 0.3) is 5.91 Å². The number of hydrogen-bond acceptors (Lipinski definition) is 5. The maximum atomic E-state index is 13.8. The molecular weight excluding hydrogens is 468 g/mol. The summed E-state index contributed by atoms with van der Waals surface area (Å²) in [6.07, 6.45) is -0.469. The fourth-order valence-electron chi connectivity index (χ4n) is 3.72. The SMILES string of the molecule is CCN(CC(=O)Nc1c(F)cccc1F)C(=O)c1ccc(S(=O)(=O)N2C[C@H](C)O[C@@H](C)C2)cc1. The number of amides is 2. The van der Waals surface area contributed by atoms with Crippen molar-refractivity contribution in [1.29, 1.82) is 0 Å². The first-order chi connectivity index (χ1) is 16.0. The second-order valence-corrected chi connectivity index (χ2v) is 10.0. The summed E-state index contributed by atoms with van der Waals surface area (Å²) >= 11 is 0. The van der Waals surface area contributed by atoms with E-state index in [-0.39, 0.29) is 42.3 Å². The van der Waals surface area contributed by atoms with Gasteiger partial charge in [-0.15, -0.1) is 0 Å². The molecule has 2 aromatic carbocycles. The number of para-hydroxylation sites is 1. The van der Waals surface area contributed by atoms with Crippen LogP contribution in [0.1, 0.15) is 31.1 Å². The van der Waals surface area contributed by atoms with Gasteiger partial charge in [-0.1, -0.05) is 6.07 Å². The number of nitrogens with one attached hydrogen (secondary N) is 1. The van der Waals surface area contributed by atoms with E-state index in [4.69, 9.17) is 4.74 Å². The number of ether oxygens (including phenoxy) is 1. The fraction of sp³-hybridized carbons (Fsp3) is 0.391. The van der Waals surface area contributed by atoms with Gasteiger partial charge in [-0.3, -0.25) is 9.59 Å². The lowest BCUT2D eigenvalue weighted by Crippen LogP contribution is -2.48. The van der Waals surface area contributed by atoms with Crippen molar-refractivity contribution >= 4 is 27.5 Å². The molecule has 3 rings (SSSR count). The number of likely N-dealkylation sites (N-methyl/N-ethyl adjacent to an activating group) is 1. The Morgan fingerprint density at radius 3 is 2.15 bits per heavy atom. The number of carbonyl (C=O) groups is 2. The number of hydrogen-bond donors (Lipinski definition) is 1. The van der Waals surface area contributed by atoms with Crippen LogP contribution in [0, 0.1) is 11.6 Å². The van der Waals surface area contributed by atoms with Crippen LogP contribution < -0.4 is 5.32 Å². The van der Waals surface area contributed by atoms with Crippen LogP contribution >= 0.6 is 0 Å². The van der Waals surface area contributed by atoms with Crippen LogP contribution in [-0.4, -0.2) is 67.8 Å². The van der Waals surface area contributed by atoms with Crippen LogP contribution in [0.5, 0.6) is 0 Å². The molecule has 2 amide bonds. The predicted molar refractivity (Wildman–Crippen MR) is 122 cm³/mol. The van der Waals surface area contributed by atoms with Crippen LogP contribution in [0.4, 0.5) is 14.5 Å². The molecule has 0 spiro atoms. The zero-order chi connectivity index (χ0) is 25.0. The van der Waals surface area contributed by atoms with Crippen molar-refractivity contribution in [2.45, 2.75) is 37.9 Å². The summed E-state index contributed by atoms with van der Waals surface area (Å²) in [6, 6.07) is 8.63.